The fourth-order valence-electron chi connectivity index (χ4n) is 3.56. The van der Waals surface area contributed by atoms with Gasteiger partial charge in [-0.2, -0.15) is 0 Å². The van der Waals surface area contributed by atoms with Crippen molar-refractivity contribution in [3.63, 3.8) is 0 Å². The second kappa shape index (κ2) is 6.75. The van der Waals surface area contributed by atoms with Crippen LogP contribution in [0.1, 0.15) is 64.7 Å². The van der Waals surface area contributed by atoms with Crippen LogP contribution in [-0.2, 0) is 0 Å². The maximum atomic E-state index is 3.79. The number of hydrogen-bond donors (Lipinski definition) is 1. The molecule has 2 aliphatic rings. The Labute approximate surface area is 107 Å². The predicted octanol–water partition coefficient (Wildman–Crippen LogP) is 3.17. The maximum Gasteiger partial charge on any atom is 0.0309 e. The topological polar surface area (TPSA) is 15.3 Å². The third-order valence-corrected chi connectivity index (χ3v) is 4.59. The number of piperazine rings is 1. The molecule has 2 nitrogen and oxygen atoms in total. The van der Waals surface area contributed by atoms with Gasteiger partial charge in [-0.1, -0.05) is 45.4 Å². The molecular weight excluding hydrogens is 208 g/mol. The third-order valence-electron chi connectivity index (χ3n) is 4.59. The largest absolute Gasteiger partial charge is 0.309 e. The van der Waals surface area contributed by atoms with E-state index in [0.717, 1.165) is 0 Å². The van der Waals surface area contributed by atoms with Crippen molar-refractivity contribution in [1.82, 2.24) is 10.2 Å². The molecule has 17 heavy (non-hydrogen) atoms. The maximum absolute atomic E-state index is 3.79. The quantitative estimate of drug-likeness (QED) is 0.715. The predicted molar refractivity (Wildman–Crippen MR) is 74.4 cm³/mol. The second-order valence-electron chi connectivity index (χ2n) is 6.10. The third kappa shape index (κ3) is 3.96. The van der Waals surface area contributed by atoms with E-state index in [9.17, 15) is 0 Å². The number of rotatable bonds is 6. The Bertz CT molecular complexity index is 209. The molecule has 0 atom stereocenters. The average molecular weight is 238 g/mol. The minimum atomic E-state index is 0.516. The molecule has 1 spiro atoms. The first kappa shape index (κ1) is 13.4. The molecule has 2 heteroatoms. The molecule has 0 aromatic carbocycles. The summed E-state index contributed by atoms with van der Waals surface area (Å²) in [7, 11) is 0. The van der Waals surface area contributed by atoms with E-state index in [1.807, 2.05) is 0 Å². The van der Waals surface area contributed by atoms with Crippen molar-refractivity contribution in [1.29, 1.82) is 0 Å². The second-order valence-corrected chi connectivity index (χ2v) is 6.10. The van der Waals surface area contributed by atoms with Gasteiger partial charge in [-0.05, 0) is 25.8 Å². The van der Waals surface area contributed by atoms with Crippen LogP contribution in [0, 0.1) is 0 Å². The Morgan fingerprint density at radius 3 is 2.59 bits per heavy atom. The average Bonchev–Trinajstić information content (AvgIpc) is 2.77. The van der Waals surface area contributed by atoms with Gasteiger partial charge in [0.1, 0.15) is 0 Å². The van der Waals surface area contributed by atoms with Crippen LogP contribution in [0.15, 0.2) is 0 Å². The van der Waals surface area contributed by atoms with Gasteiger partial charge in [-0.3, -0.25) is 0 Å². The van der Waals surface area contributed by atoms with Gasteiger partial charge in [0, 0.05) is 25.2 Å². The van der Waals surface area contributed by atoms with Gasteiger partial charge in [0.05, 0.1) is 0 Å². The zero-order valence-electron chi connectivity index (χ0n) is 11.6. The molecule has 1 heterocycles. The van der Waals surface area contributed by atoms with E-state index in [1.165, 1.54) is 84.0 Å². The summed E-state index contributed by atoms with van der Waals surface area (Å²) in [5.74, 6) is 0. The molecule has 100 valence electrons. The Hall–Kier alpha value is -0.0800. The molecule has 0 unspecified atom stereocenters. The molecule has 1 N–H and O–H groups in total. The Morgan fingerprint density at radius 1 is 1.06 bits per heavy atom. The standard InChI is InChI=1S/C15H30N2/c1-2-3-4-5-8-12-17-13-11-16-15(14-17)9-6-7-10-15/h16H,2-14H2,1H3. The number of nitrogens with one attached hydrogen (secondary N) is 1. The van der Waals surface area contributed by atoms with E-state index in [2.05, 4.69) is 17.1 Å². The van der Waals surface area contributed by atoms with Crippen LogP contribution >= 0.6 is 0 Å². The number of unbranched alkanes of at least 4 members (excludes halogenated alkanes) is 4. The molecule has 0 aromatic heterocycles. The van der Waals surface area contributed by atoms with Gasteiger partial charge in [0.15, 0.2) is 0 Å². The lowest BCUT2D eigenvalue weighted by molar-refractivity contribution is 0.133. The summed E-state index contributed by atoms with van der Waals surface area (Å²) in [6.45, 7) is 7.44. The summed E-state index contributed by atoms with van der Waals surface area (Å²) in [5, 5.41) is 3.79. The van der Waals surface area contributed by atoms with Crippen molar-refractivity contribution in [3.8, 4) is 0 Å². The monoisotopic (exact) mass is 238 g/mol. The first-order valence-electron chi connectivity index (χ1n) is 7.82. The zero-order chi connectivity index (χ0) is 12.0. The fourth-order valence-corrected chi connectivity index (χ4v) is 3.56. The molecule has 2 rings (SSSR count). The Morgan fingerprint density at radius 2 is 1.82 bits per heavy atom. The van der Waals surface area contributed by atoms with Crippen LogP contribution in [0.2, 0.25) is 0 Å². The summed E-state index contributed by atoms with van der Waals surface area (Å²) in [5.41, 5.74) is 0.516. The van der Waals surface area contributed by atoms with Crippen molar-refractivity contribution < 1.29 is 0 Å². The lowest BCUT2D eigenvalue weighted by Crippen LogP contribution is -2.59. The van der Waals surface area contributed by atoms with Crippen molar-refractivity contribution in [2.45, 2.75) is 70.3 Å². The summed E-state index contributed by atoms with van der Waals surface area (Å²) >= 11 is 0. The van der Waals surface area contributed by atoms with E-state index in [1.54, 1.807) is 0 Å². The molecule has 1 saturated heterocycles. The Kier molecular flexibility index (Phi) is 5.30. The van der Waals surface area contributed by atoms with E-state index in [0.29, 0.717) is 5.54 Å². The highest BCUT2D eigenvalue weighted by atomic mass is 15.2. The number of hydrogen-bond acceptors (Lipinski definition) is 2. The first-order chi connectivity index (χ1) is 8.35. The lowest BCUT2D eigenvalue weighted by atomic mass is 9.94. The molecule has 0 radical (unpaired) electrons. The molecule has 1 aliphatic heterocycles. The molecule has 1 aliphatic carbocycles. The molecule has 2 fully saturated rings. The molecule has 0 aromatic rings. The van der Waals surface area contributed by atoms with Crippen molar-refractivity contribution >= 4 is 0 Å². The van der Waals surface area contributed by atoms with Gasteiger partial charge in [0.25, 0.3) is 0 Å². The van der Waals surface area contributed by atoms with Gasteiger partial charge >= 0.3 is 0 Å². The van der Waals surface area contributed by atoms with Crippen LogP contribution < -0.4 is 5.32 Å². The van der Waals surface area contributed by atoms with Gasteiger partial charge in [-0.25, -0.2) is 0 Å². The molecular formula is C15H30N2. The summed E-state index contributed by atoms with van der Waals surface area (Å²) in [6, 6.07) is 0. The zero-order valence-corrected chi connectivity index (χ0v) is 11.6. The van der Waals surface area contributed by atoms with Gasteiger partial charge in [0.2, 0.25) is 0 Å². The van der Waals surface area contributed by atoms with Crippen LogP contribution in [0.4, 0.5) is 0 Å². The van der Waals surface area contributed by atoms with E-state index in [4.69, 9.17) is 0 Å². The Balaban J connectivity index is 1.63. The van der Waals surface area contributed by atoms with Crippen molar-refractivity contribution in [2.75, 3.05) is 26.2 Å². The van der Waals surface area contributed by atoms with Gasteiger partial charge < -0.3 is 10.2 Å². The smallest absolute Gasteiger partial charge is 0.0309 e. The SMILES string of the molecule is CCCCCCCN1CCNC2(CCCC2)C1. The minimum Gasteiger partial charge on any atom is -0.309 e. The lowest BCUT2D eigenvalue weighted by Gasteiger charge is -2.41. The summed E-state index contributed by atoms with van der Waals surface area (Å²) in [6.07, 6.45) is 12.8. The van der Waals surface area contributed by atoms with Gasteiger partial charge in [-0.15, -0.1) is 0 Å². The minimum absolute atomic E-state index is 0.516. The first-order valence-corrected chi connectivity index (χ1v) is 7.82. The van der Waals surface area contributed by atoms with Crippen LogP contribution in [-0.4, -0.2) is 36.6 Å². The van der Waals surface area contributed by atoms with Crippen LogP contribution in [0.25, 0.3) is 0 Å². The fraction of sp³-hybridized carbons (Fsp3) is 1.00. The highest BCUT2D eigenvalue weighted by Crippen LogP contribution is 2.31. The highest BCUT2D eigenvalue weighted by Gasteiger charge is 2.37. The number of nitrogens with zero attached hydrogens (tertiary/aromatic N) is 1. The molecule has 1 saturated carbocycles. The van der Waals surface area contributed by atoms with E-state index >= 15 is 0 Å². The summed E-state index contributed by atoms with van der Waals surface area (Å²) < 4.78 is 0. The summed E-state index contributed by atoms with van der Waals surface area (Å²) in [4.78, 5) is 2.72. The van der Waals surface area contributed by atoms with E-state index in [-0.39, 0.29) is 0 Å². The molecule has 0 bridgehead atoms. The van der Waals surface area contributed by atoms with Crippen LogP contribution in [0.5, 0.6) is 0 Å². The van der Waals surface area contributed by atoms with Crippen molar-refractivity contribution in [3.05, 3.63) is 0 Å². The highest BCUT2D eigenvalue weighted by molar-refractivity contribution is 4.97. The molecule has 0 amide bonds. The normalized spacial score (nSPS) is 24.5. The van der Waals surface area contributed by atoms with Crippen LogP contribution in [0.3, 0.4) is 0 Å². The van der Waals surface area contributed by atoms with E-state index < -0.39 is 0 Å². The van der Waals surface area contributed by atoms with Crippen molar-refractivity contribution in [2.24, 2.45) is 0 Å².